The van der Waals surface area contributed by atoms with Crippen molar-refractivity contribution in [3.05, 3.63) is 76.4 Å². The van der Waals surface area contributed by atoms with Crippen molar-refractivity contribution in [3.8, 4) is 11.6 Å². The van der Waals surface area contributed by atoms with E-state index in [2.05, 4.69) is 43.8 Å². The van der Waals surface area contributed by atoms with Gasteiger partial charge in [0.15, 0.2) is 0 Å². The van der Waals surface area contributed by atoms with Gasteiger partial charge in [0.1, 0.15) is 24.3 Å². The van der Waals surface area contributed by atoms with E-state index in [4.69, 9.17) is 14.2 Å². The fourth-order valence-electron chi connectivity index (χ4n) is 3.86. The fourth-order valence-corrected chi connectivity index (χ4v) is 3.86. The Bertz CT molecular complexity index is 976. The summed E-state index contributed by atoms with van der Waals surface area (Å²) in [5.41, 5.74) is 4.69. The molecule has 2 heterocycles. The Morgan fingerprint density at radius 3 is 2.65 bits per heavy atom. The maximum absolute atomic E-state index is 14.1. The van der Waals surface area contributed by atoms with Gasteiger partial charge in [0.2, 0.25) is 5.88 Å². The number of rotatable bonds is 11. The van der Waals surface area contributed by atoms with E-state index in [9.17, 15) is 4.39 Å². The molecule has 0 bridgehead atoms. The van der Waals surface area contributed by atoms with E-state index in [1.54, 1.807) is 26.5 Å². The minimum absolute atomic E-state index is 0.134. The molecule has 0 saturated carbocycles. The summed E-state index contributed by atoms with van der Waals surface area (Å²) in [7, 11) is 5.30. The number of hydrogen-bond acceptors (Lipinski definition) is 5. The molecule has 1 aromatic heterocycles. The monoisotopic (exact) mass is 470 g/mol. The third-order valence-electron chi connectivity index (χ3n) is 6.03. The molecule has 2 rings (SSSR count). The Hall–Kier alpha value is -3.02. The van der Waals surface area contributed by atoms with E-state index in [0.29, 0.717) is 17.2 Å². The lowest BCUT2D eigenvalue weighted by atomic mass is 9.91. The second-order valence-corrected chi connectivity index (χ2v) is 8.19. The van der Waals surface area contributed by atoms with Gasteiger partial charge in [-0.1, -0.05) is 25.5 Å². The van der Waals surface area contributed by atoms with Gasteiger partial charge in [-0.15, -0.1) is 0 Å². The molecule has 1 aliphatic rings. The summed E-state index contributed by atoms with van der Waals surface area (Å²) in [4.78, 5) is 6.36. The predicted octanol–water partition coefficient (Wildman–Crippen LogP) is 6.57. The minimum atomic E-state index is -0.554. The summed E-state index contributed by atoms with van der Waals surface area (Å²) in [6.45, 7) is 8.45. The topological polar surface area (TPSA) is 43.8 Å². The lowest BCUT2D eigenvalue weighted by Gasteiger charge is -2.22. The van der Waals surface area contributed by atoms with E-state index in [1.165, 1.54) is 5.57 Å². The van der Waals surface area contributed by atoms with Crippen LogP contribution in [0.3, 0.4) is 0 Å². The molecule has 1 atom stereocenters. The van der Waals surface area contributed by atoms with Gasteiger partial charge in [0.25, 0.3) is 0 Å². The lowest BCUT2D eigenvalue weighted by Crippen LogP contribution is -2.20. The highest BCUT2D eigenvalue weighted by atomic mass is 19.1. The van der Waals surface area contributed by atoms with Crippen molar-refractivity contribution in [2.75, 3.05) is 34.5 Å². The van der Waals surface area contributed by atoms with Crippen LogP contribution < -0.4 is 9.47 Å². The number of ether oxygens (including phenoxy) is 3. The third-order valence-corrected chi connectivity index (χ3v) is 6.03. The molecule has 1 unspecified atom stereocenters. The van der Waals surface area contributed by atoms with Crippen molar-refractivity contribution >= 4 is 0 Å². The van der Waals surface area contributed by atoms with Crippen LogP contribution in [-0.4, -0.2) is 50.5 Å². The highest BCUT2D eigenvalue weighted by molar-refractivity contribution is 5.57. The third kappa shape index (κ3) is 6.99. The molecule has 0 aliphatic carbocycles. The lowest BCUT2D eigenvalue weighted by molar-refractivity contribution is 0.239. The van der Waals surface area contributed by atoms with Crippen LogP contribution in [0, 0.1) is 0 Å². The zero-order chi connectivity index (χ0) is 25.1. The van der Waals surface area contributed by atoms with Crippen LogP contribution in [0.2, 0.25) is 0 Å². The van der Waals surface area contributed by atoms with Crippen LogP contribution in [0.15, 0.2) is 76.4 Å². The van der Waals surface area contributed by atoms with Gasteiger partial charge in [-0.25, -0.2) is 9.37 Å². The van der Waals surface area contributed by atoms with Gasteiger partial charge in [0.05, 0.1) is 19.9 Å². The van der Waals surface area contributed by atoms with Crippen LogP contribution in [0.5, 0.6) is 11.6 Å². The van der Waals surface area contributed by atoms with Crippen molar-refractivity contribution in [3.63, 3.8) is 0 Å². The molecular formula is C28H39FN2O3. The number of halogens is 1. The summed E-state index contributed by atoms with van der Waals surface area (Å²) in [5.74, 6) is 1.94. The molecule has 0 radical (unpaired) electrons. The molecule has 186 valence electrons. The van der Waals surface area contributed by atoms with E-state index >= 15 is 0 Å². The first-order chi connectivity index (χ1) is 16.4. The van der Waals surface area contributed by atoms with Crippen molar-refractivity contribution in [2.24, 2.45) is 0 Å². The van der Waals surface area contributed by atoms with E-state index in [-0.39, 0.29) is 6.10 Å². The molecule has 5 nitrogen and oxygen atoms in total. The summed E-state index contributed by atoms with van der Waals surface area (Å²) >= 11 is 0. The fraction of sp³-hybridized carbons (Fsp3) is 0.464. The predicted molar refractivity (Wildman–Crippen MR) is 137 cm³/mol. The number of allylic oxidation sites excluding steroid dienone is 8. The van der Waals surface area contributed by atoms with E-state index in [1.807, 2.05) is 31.2 Å². The molecule has 1 fully saturated rings. The Morgan fingerprint density at radius 1 is 1.29 bits per heavy atom. The highest BCUT2D eigenvalue weighted by Crippen LogP contribution is 2.33. The number of likely N-dealkylation sites (tertiary alicyclic amines) is 1. The van der Waals surface area contributed by atoms with Crippen LogP contribution in [0.25, 0.3) is 0 Å². The number of likely N-dealkylation sites (N-methyl/N-ethyl adjacent to an activating group) is 1. The largest absolute Gasteiger partial charge is 0.497 e. The number of hydrogen-bond donors (Lipinski definition) is 0. The number of alkyl halides is 1. The second-order valence-electron chi connectivity index (χ2n) is 8.19. The van der Waals surface area contributed by atoms with Crippen LogP contribution in [-0.2, 0) is 4.74 Å². The normalized spacial score (nSPS) is 19.4. The van der Waals surface area contributed by atoms with Crippen LogP contribution >= 0.6 is 0 Å². The van der Waals surface area contributed by atoms with E-state index < -0.39 is 6.67 Å². The highest BCUT2D eigenvalue weighted by Gasteiger charge is 2.28. The summed E-state index contributed by atoms with van der Waals surface area (Å²) < 4.78 is 31.3. The zero-order valence-electron chi connectivity index (χ0n) is 21.7. The first-order valence-electron chi connectivity index (χ1n) is 11.9. The van der Waals surface area contributed by atoms with Gasteiger partial charge in [-0.05, 0) is 67.7 Å². The molecule has 1 aliphatic heterocycles. The van der Waals surface area contributed by atoms with Crippen molar-refractivity contribution in [2.45, 2.75) is 53.1 Å². The Kier molecular flexibility index (Phi) is 10.9. The first kappa shape index (κ1) is 27.2. The molecule has 34 heavy (non-hydrogen) atoms. The standard InChI is InChI=1S/C28H39FN2O3/c1-8-11-22(32-6)16-25(21(10-3)19-29)24(20(4)9-2)18-26-27(13-15-31(26)5)34-23-12-14-30-28(17-23)33-7/h10-12,14,16-18,27H,8-9,13,15,19H2,1-7H3/b21-10-,22-11-,24-20?,25-16+,26-18-. The van der Waals surface area contributed by atoms with E-state index in [0.717, 1.165) is 48.4 Å². The molecule has 1 saturated heterocycles. The Morgan fingerprint density at radius 2 is 2.06 bits per heavy atom. The summed E-state index contributed by atoms with van der Waals surface area (Å²) in [5, 5.41) is 0. The van der Waals surface area contributed by atoms with Crippen molar-refractivity contribution < 1.29 is 18.6 Å². The van der Waals surface area contributed by atoms with Crippen LogP contribution in [0.4, 0.5) is 4.39 Å². The van der Waals surface area contributed by atoms with Crippen LogP contribution in [0.1, 0.15) is 47.0 Å². The molecule has 0 spiro atoms. The minimum Gasteiger partial charge on any atom is -0.497 e. The smallest absolute Gasteiger partial charge is 0.216 e. The zero-order valence-corrected chi connectivity index (χ0v) is 21.7. The molecular weight excluding hydrogens is 431 g/mol. The van der Waals surface area contributed by atoms with Gasteiger partial charge in [-0.2, -0.15) is 0 Å². The molecule has 1 aromatic rings. The maximum Gasteiger partial charge on any atom is 0.216 e. The quantitative estimate of drug-likeness (QED) is 0.270. The Balaban J connectivity index is 2.59. The number of nitrogens with zero attached hydrogens (tertiary/aromatic N) is 2. The molecule has 0 amide bonds. The summed E-state index contributed by atoms with van der Waals surface area (Å²) in [6, 6.07) is 3.62. The first-order valence-corrected chi connectivity index (χ1v) is 11.9. The maximum atomic E-state index is 14.1. The average Bonchev–Trinajstić information content (AvgIpc) is 3.20. The Labute approximate surface area is 204 Å². The second kappa shape index (κ2) is 13.6. The molecule has 0 N–H and O–H groups in total. The van der Waals surface area contributed by atoms with Gasteiger partial charge >= 0.3 is 0 Å². The molecule has 0 aromatic carbocycles. The van der Waals surface area contributed by atoms with Crippen molar-refractivity contribution in [1.82, 2.24) is 9.88 Å². The number of aromatic nitrogens is 1. The van der Waals surface area contributed by atoms with Gasteiger partial charge < -0.3 is 19.1 Å². The van der Waals surface area contributed by atoms with Gasteiger partial charge in [-0.3, -0.25) is 0 Å². The summed E-state index contributed by atoms with van der Waals surface area (Å²) in [6.07, 6.45) is 12.0. The number of methoxy groups -OCH3 is 2. The average molecular weight is 471 g/mol. The number of pyridine rings is 1. The molecule has 6 heteroatoms. The van der Waals surface area contributed by atoms with Crippen molar-refractivity contribution in [1.29, 1.82) is 0 Å². The van der Waals surface area contributed by atoms with Gasteiger partial charge in [0, 0.05) is 32.3 Å². The SMILES string of the molecule is C\C=C(CF)/C(=C\C(=C\CC)OC)C(/C=C1/C(Oc2ccnc(OC)c2)CCN1C)=C(C)CC.